The Morgan fingerprint density at radius 2 is 1.29 bits per heavy atom. The first-order valence-electron chi connectivity index (χ1n) is 21.9. The number of anilines is 1. The van der Waals surface area contributed by atoms with Crippen LogP contribution in [0.25, 0.3) is 0 Å². The van der Waals surface area contributed by atoms with E-state index in [0.29, 0.717) is 71.6 Å². The molecule has 2 aliphatic rings. The molecule has 1 aromatic carbocycles. The van der Waals surface area contributed by atoms with Crippen LogP contribution >= 0.6 is 0 Å². The third kappa shape index (κ3) is 16.5. The van der Waals surface area contributed by atoms with Crippen LogP contribution in [0.2, 0.25) is 0 Å². The lowest BCUT2D eigenvalue weighted by molar-refractivity contribution is -0.134. The maximum absolute atomic E-state index is 14.7. The van der Waals surface area contributed by atoms with Gasteiger partial charge in [0.15, 0.2) is 11.6 Å². The van der Waals surface area contributed by atoms with Crippen molar-refractivity contribution in [3.8, 4) is 0 Å². The minimum absolute atomic E-state index is 0.00120. The van der Waals surface area contributed by atoms with E-state index < -0.39 is 29.2 Å². The molecule has 7 N–H and O–H groups in total. The summed E-state index contributed by atoms with van der Waals surface area (Å²) < 4.78 is 17.1. The fourth-order valence-electron chi connectivity index (χ4n) is 8.06. The molecule has 13 nitrogen and oxygen atoms in total. The third-order valence-corrected chi connectivity index (χ3v) is 11.4. The summed E-state index contributed by atoms with van der Waals surface area (Å²) in [6.45, 7) is 20.5. The number of nitrogens with one attached hydrogen (secondary N) is 5. The molecule has 2 aliphatic carbocycles. The SMILES string of the molecule is CC(C)[C@H](NC1(C(=O)CCOCCOCCOCCNC(C)(C)C)CCCCC1)C(=O)N[C@@H](CCCNC(N)=O)C(=O)C1(Nc2ccc(C(C)(C)C)cc2)CCCC1. The van der Waals surface area contributed by atoms with E-state index in [4.69, 9.17) is 19.9 Å². The van der Waals surface area contributed by atoms with Gasteiger partial charge in [-0.3, -0.25) is 19.7 Å². The van der Waals surface area contributed by atoms with Gasteiger partial charge in [-0.05, 0) is 88.3 Å². The Bertz CT molecular complexity index is 1410. The first-order chi connectivity index (χ1) is 27.4. The highest BCUT2D eigenvalue weighted by Crippen LogP contribution is 2.37. The average Bonchev–Trinajstić information content (AvgIpc) is 3.64. The van der Waals surface area contributed by atoms with Crippen molar-refractivity contribution in [3.05, 3.63) is 29.8 Å². The van der Waals surface area contributed by atoms with Gasteiger partial charge in [-0.25, -0.2) is 4.79 Å². The van der Waals surface area contributed by atoms with Crippen LogP contribution in [0, 0.1) is 5.92 Å². The second kappa shape index (κ2) is 23.6. The van der Waals surface area contributed by atoms with Gasteiger partial charge in [0, 0.05) is 30.7 Å². The van der Waals surface area contributed by atoms with Crippen molar-refractivity contribution < 1.29 is 33.4 Å². The lowest BCUT2D eigenvalue weighted by Gasteiger charge is -2.41. The molecular formula is C45H78N6O7. The number of hydrogen-bond donors (Lipinski definition) is 6. The van der Waals surface area contributed by atoms with Gasteiger partial charge in [0.1, 0.15) is 0 Å². The molecule has 330 valence electrons. The number of carbonyl (C=O) groups is 4. The minimum Gasteiger partial charge on any atom is -0.379 e. The maximum Gasteiger partial charge on any atom is 0.312 e. The number of carbonyl (C=O) groups excluding carboxylic acids is 4. The summed E-state index contributed by atoms with van der Waals surface area (Å²) in [5.74, 6) is -0.490. The minimum atomic E-state index is -0.859. The zero-order valence-electron chi connectivity index (χ0n) is 37.1. The van der Waals surface area contributed by atoms with Gasteiger partial charge < -0.3 is 41.2 Å². The summed E-state index contributed by atoms with van der Waals surface area (Å²) in [6.07, 6.45) is 8.17. The van der Waals surface area contributed by atoms with Crippen molar-refractivity contribution in [1.29, 1.82) is 0 Å². The molecule has 0 saturated heterocycles. The number of Topliss-reactive ketones (excluding diaryl/α,β-unsaturated/α-hetero) is 2. The van der Waals surface area contributed by atoms with E-state index in [9.17, 15) is 19.2 Å². The zero-order chi connectivity index (χ0) is 42.8. The fraction of sp³-hybridized carbons (Fsp3) is 0.778. The summed E-state index contributed by atoms with van der Waals surface area (Å²) in [7, 11) is 0. The molecule has 0 spiro atoms. The summed E-state index contributed by atoms with van der Waals surface area (Å²) in [5, 5.41) is 16.3. The van der Waals surface area contributed by atoms with Crippen LogP contribution < -0.4 is 32.3 Å². The van der Waals surface area contributed by atoms with Gasteiger partial charge in [0.25, 0.3) is 0 Å². The molecule has 2 saturated carbocycles. The summed E-state index contributed by atoms with van der Waals surface area (Å²) in [5.41, 5.74) is 5.75. The number of ether oxygens (including phenoxy) is 3. The molecule has 13 heteroatoms. The number of hydrogen-bond acceptors (Lipinski definition) is 10. The van der Waals surface area contributed by atoms with Crippen molar-refractivity contribution in [2.24, 2.45) is 11.7 Å². The lowest BCUT2D eigenvalue weighted by atomic mass is 9.76. The molecule has 0 heterocycles. The van der Waals surface area contributed by atoms with Gasteiger partial charge in [0.2, 0.25) is 5.91 Å². The summed E-state index contributed by atoms with van der Waals surface area (Å²) in [4.78, 5) is 54.6. The van der Waals surface area contributed by atoms with E-state index in [1.54, 1.807) is 0 Å². The molecule has 3 rings (SSSR count). The van der Waals surface area contributed by atoms with Crippen LogP contribution in [-0.2, 0) is 34.0 Å². The highest BCUT2D eigenvalue weighted by atomic mass is 16.5. The van der Waals surface area contributed by atoms with Crippen molar-refractivity contribution in [3.63, 3.8) is 0 Å². The number of benzene rings is 1. The highest BCUT2D eigenvalue weighted by Gasteiger charge is 2.46. The van der Waals surface area contributed by atoms with Crippen LogP contribution in [-0.4, -0.2) is 105 Å². The van der Waals surface area contributed by atoms with E-state index in [2.05, 4.69) is 80.3 Å². The van der Waals surface area contributed by atoms with Crippen molar-refractivity contribution in [2.75, 3.05) is 58.0 Å². The number of urea groups is 1. The van der Waals surface area contributed by atoms with Crippen LogP contribution in [0.4, 0.5) is 10.5 Å². The van der Waals surface area contributed by atoms with Gasteiger partial charge in [-0.2, -0.15) is 0 Å². The van der Waals surface area contributed by atoms with Gasteiger partial charge >= 0.3 is 6.03 Å². The average molecular weight is 815 g/mol. The number of ketones is 2. The predicted molar refractivity (Wildman–Crippen MR) is 231 cm³/mol. The number of primary amides is 1. The topological polar surface area (TPSA) is 182 Å². The normalized spacial score (nSPS) is 17.7. The van der Waals surface area contributed by atoms with E-state index in [0.717, 1.165) is 44.3 Å². The number of nitrogens with two attached hydrogens (primary N) is 1. The van der Waals surface area contributed by atoms with Crippen molar-refractivity contribution in [2.45, 2.75) is 167 Å². The Morgan fingerprint density at radius 1 is 0.741 bits per heavy atom. The van der Waals surface area contributed by atoms with E-state index in [-0.39, 0.29) is 53.9 Å². The Kier molecular flexibility index (Phi) is 20.1. The fourth-order valence-corrected chi connectivity index (χ4v) is 8.06. The highest BCUT2D eigenvalue weighted by molar-refractivity contribution is 5.99. The maximum atomic E-state index is 14.7. The monoisotopic (exact) mass is 815 g/mol. The molecule has 0 aliphatic heterocycles. The molecular weight excluding hydrogens is 737 g/mol. The van der Waals surface area contributed by atoms with Crippen LogP contribution in [0.1, 0.15) is 138 Å². The molecule has 2 atom stereocenters. The molecule has 0 bridgehead atoms. The largest absolute Gasteiger partial charge is 0.379 e. The van der Waals surface area contributed by atoms with Gasteiger partial charge in [-0.15, -0.1) is 0 Å². The Morgan fingerprint density at radius 3 is 1.84 bits per heavy atom. The summed E-state index contributed by atoms with van der Waals surface area (Å²) >= 11 is 0. The standard InChI is InChI=1S/C45H78N6O7/c1-33(2)38(51-44(21-10-9-11-22-44)37(52)20-27-56-29-31-58-32-30-57-28-26-48-43(6,7)8)40(54)49-36(15-14-25-47-41(46)55)39(53)45(23-12-13-24-45)50-35-18-16-34(17-19-35)42(3,4)5/h16-19,33,36,38,48,50-51H,9-15,20-32H2,1-8H3,(H,49,54)(H3,46,47,55)/t36-,38-/m0/s1. The van der Waals surface area contributed by atoms with Gasteiger partial charge in [0.05, 0.1) is 62.8 Å². The Balaban J connectivity index is 1.65. The third-order valence-electron chi connectivity index (χ3n) is 11.4. The van der Waals surface area contributed by atoms with Crippen molar-refractivity contribution >= 4 is 29.2 Å². The van der Waals surface area contributed by atoms with Crippen molar-refractivity contribution in [1.82, 2.24) is 21.3 Å². The molecule has 2 fully saturated rings. The van der Waals surface area contributed by atoms with E-state index >= 15 is 0 Å². The second-order valence-corrected chi connectivity index (χ2v) is 18.8. The first-order valence-corrected chi connectivity index (χ1v) is 21.9. The smallest absolute Gasteiger partial charge is 0.312 e. The quantitative estimate of drug-likeness (QED) is 0.0614. The second-order valence-electron chi connectivity index (χ2n) is 18.8. The lowest BCUT2D eigenvalue weighted by Crippen LogP contribution is -2.64. The predicted octanol–water partition coefficient (Wildman–Crippen LogP) is 5.93. The summed E-state index contributed by atoms with van der Waals surface area (Å²) in [6, 6.07) is 6.10. The van der Waals surface area contributed by atoms with Crippen LogP contribution in [0.5, 0.6) is 0 Å². The number of rotatable bonds is 26. The first kappa shape index (κ1) is 49.3. The van der Waals surface area contributed by atoms with E-state index in [1.807, 2.05) is 26.0 Å². The van der Waals surface area contributed by atoms with Gasteiger partial charge in [-0.1, -0.05) is 78.9 Å². The molecule has 58 heavy (non-hydrogen) atoms. The molecule has 0 radical (unpaired) electrons. The molecule has 0 unspecified atom stereocenters. The van der Waals surface area contributed by atoms with E-state index in [1.165, 1.54) is 5.56 Å². The Hall–Kier alpha value is -3.10. The van der Waals surface area contributed by atoms with Crippen LogP contribution in [0.15, 0.2) is 24.3 Å². The number of amides is 3. The Labute approximate surface area is 349 Å². The zero-order valence-corrected chi connectivity index (χ0v) is 37.1. The molecule has 0 aromatic heterocycles. The molecule has 1 aromatic rings. The molecule has 3 amide bonds. The van der Waals surface area contributed by atoms with Crippen LogP contribution in [0.3, 0.4) is 0 Å².